The quantitative estimate of drug-likeness (QED) is 0.343. The Balaban J connectivity index is 2.39. The third-order valence-electron chi connectivity index (χ3n) is 2.10. The van der Waals surface area contributed by atoms with Crippen LogP contribution in [0.4, 0.5) is 4.39 Å². The molecule has 0 aliphatic carbocycles. The van der Waals surface area contributed by atoms with Crippen LogP contribution >= 0.6 is 0 Å². The van der Waals surface area contributed by atoms with Crippen molar-refractivity contribution in [2.75, 3.05) is 32.7 Å². The largest absolute Gasteiger partial charge is 0.287 e. The minimum atomic E-state index is -1.05. The standard InChI is InChI=1S/C9H12FN3/c1-2-4-12-6-7-13(5-3-11)9(10)8-12/h1,9H,4-8H2. The lowest BCUT2D eigenvalue weighted by atomic mass is 10.3. The van der Waals surface area contributed by atoms with Gasteiger partial charge < -0.3 is 0 Å². The van der Waals surface area contributed by atoms with Gasteiger partial charge in [0.1, 0.15) is 0 Å². The molecule has 0 aromatic carbocycles. The van der Waals surface area contributed by atoms with E-state index in [1.54, 1.807) is 0 Å². The summed E-state index contributed by atoms with van der Waals surface area (Å²) >= 11 is 0. The summed E-state index contributed by atoms with van der Waals surface area (Å²) in [7, 11) is 0. The second kappa shape index (κ2) is 4.81. The lowest BCUT2D eigenvalue weighted by molar-refractivity contribution is 0.0143. The number of piperazine rings is 1. The van der Waals surface area contributed by atoms with Crippen molar-refractivity contribution in [2.24, 2.45) is 0 Å². The van der Waals surface area contributed by atoms with Gasteiger partial charge in [-0.05, 0) is 0 Å². The van der Waals surface area contributed by atoms with E-state index in [0.717, 1.165) is 6.54 Å². The number of hydrogen-bond acceptors (Lipinski definition) is 3. The Morgan fingerprint density at radius 3 is 2.77 bits per heavy atom. The molecule has 70 valence electrons. The Labute approximate surface area is 77.7 Å². The van der Waals surface area contributed by atoms with Crippen LogP contribution in [-0.4, -0.2) is 48.8 Å². The van der Waals surface area contributed by atoms with E-state index in [-0.39, 0.29) is 6.54 Å². The molecule has 1 aliphatic heterocycles. The second-order valence-corrected chi connectivity index (χ2v) is 3.00. The van der Waals surface area contributed by atoms with Gasteiger partial charge in [0.25, 0.3) is 0 Å². The van der Waals surface area contributed by atoms with Crippen molar-refractivity contribution < 1.29 is 4.39 Å². The van der Waals surface area contributed by atoms with E-state index in [9.17, 15) is 4.39 Å². The number of terminal acetylenes is 1. The molecule has 1 rings (SSSR count). The maximum atomic E-state index is 13.3. The normalized spacial score (nSPS) is 25.0. The molecular formula is C9H12FN3. The molecule has 1 heterocycles. The van der Waals surface area contributed by atoms with Gasteiger partial charge in [-0.25, -0.2) is 4.39 Å². The van der Waals surface area contributed by atoms with Gasteiger partial charge >= 0.3 is 0 Å². The molecule has 13 heavy (non-hydrogen) atoms. The first-order chi connectivity index (χ1) is 6.27. The fourth-order valence-corrected chi connectivity index (χ4v) is 1.37. The first kappa shape index (κ1) is 9.98. The minimum Gasteiger partial charge on any atom is -0.287 e. The van der Waals surface area contributed by atoms with Gasteiger partial charge in [-0.3, -0.25) is 9.80 Å². The van der Waals surface area contributed by atoms with Crippen LogP contribution in [0.2, 0.25) is 0 Å². The summed E-state index contributed by atoms with van der Waals surface area (Å²) in [4.78, 5) is 3.39. The molecule has 1 aliphatic rings. The molecule has 4 heteroatoms. The van der Waals surface area contributed by atoms with Gasteiger partial charge in [0, 0.05) is 19.6 Å². The molecule has 0 spiro atoms. The van der Waals surface area contributed by atoms with Crippen molar-refractivity contribution in [1.82, 2.24) is 9.80 Å². The zero-order chi connectivity index (χ0) is 9.68. The van der Waals surface area contributed by atoms with Crippen molar-refractivity contribution >= 4 is 0 Å². The van der Waals surface area contributed by atoms with E-state index in [2.05, 4.69) is 5.92 Å². The van der Waals surface area contributed by atoms with E-state index in [4.69, 9.17) is 11.7 Å². The van der Waals surface area contributed by atoms with E-state index in [1.165, 1.54) is 4.90 Å². The molecule has 0 aromatic rings. The number of rotatable bonds is 2. The van der Waals surface area contributed by atoms with Gasteiger partial charge in [0.15, 0.2) is 6.30 Å². The highest BCUT2D eigenvalue weighted by atomic mass is 19.1. The molecule has 0 bridgehead atoms. The highest BCUT2D eigenvalue weighted by Crippen LogP contribution is 2.09. The van der Waals surface area contributed by atoms with Crippen LogP contribution in [0.1, 0.15) is 0 Å². The second-order valence-electron chi connectivity index (χ2n) is 3.00. The Kier molecular flexibility index (Phi) is 3.70. The van der Waals surface area contributed by atoms with Crippen LogP contribution in [0.15, 0.2) is 0 Å². The summed E-state index contributed by atoms with van der Waals surface area (Å²) in [6, 6.07) is 1.94. The fraction of sp³-hybridized carbons (Fsp3) is 0.667. The first-order valence-corrected chi connectivity index (χ1v) is 4.19. The molecule has 0 saturated carbocycles. The summed E-state index contributed by atoms with van der Waals surface area (Å²) in [5.41, 5.74) is 0. The number of nitrogens with zero attached hydrogens (tertiary/aromatic N) is 3. The zero-order valence-electron chi connectivity index (χ0n) is 7.41. The van der Waals surface area contributed by atoms with Crippen molar-refractivity contribution in [3.8, 4) is 18.4 Å². The molecule has 1 saturated heterocycles. The van der Waals surface area contributed by atoms with Crippen molar-refractivity contribution in [3.63, 3.8) is 0 Å². The Morgan fingerprint density at radius 1 is 1.46 bits per heavy atom. The molecule has 0 aromatic heterocycles. The van der Waals surface area contributed by atoms with Gasteiger partial charge in [-0.1, -0.05) is 5.92 Å². The van der Waals surface area contributed by atoms with E-state index >= 15 is 0 Å². The summed E-state index contributed by atoms with van der Waals surface area (Å²) < 4.78 is 13.3. The Bertz CT molecular complexity index is 240. The summed E-state index contributed by atoms with van der Waals surface area (Å²) in [6.45, 7) is 2.28. The smallest absolute Gasteiger partial charge is 0.167 e. The number of hydrogen-bond donors (Lipinski definition) is 0. The predicted molar refractivity (Wildman–Crippen MR) is 47.4 cm³/mol. The number of alkyl halides is 1. The molecule has 0 amide bonds. The first-order valence-electron chi connectivity index (χ1n) is 4.19. The SMILES string of the molecule is C#CCN1CCN(CC#N)C(F)C1. The lowest BCUT2D eigenvalue weighted by Gasteiger charge is -2.35. The van der Waals surface area contributed by atoms with Crippen LogP contribution < -0.4 is 0 Å². The monoisotopic (exact) mass is 181 g/mol. The molecule has 1 fully saturated rings. The number of halogens is 1. The highest BCUT2D eigenvalue weighted by Gasteiger charge is 2.25. The Hall–Kier alpha value is -1.10. The lowest BCUT2D eigenvalue weighted by Crippen LogP contribution is -2.51. The maximum absolute atomic E-state index is 13.3. The minimum absolute atomic E-state index is 0.158. The molecule has 3 nitrogen and oxygen atoms in total. The van der Waals surface area contributed by atoms with Crippen molar-refractivity contribution in [3.05, 3.63) is 0 Å². The maximum Gasteiger partial charge on any atom is 0.167 e. The predicted octanol–water partition coefficient (Wildman–Crippen LogP) is 0.0564. The van der Waals surface area contributed by atoms with Crippen molar-refractivity contribution in [2.45, 2.75) is 6.30 Å². The third-order valence-corrected chi connectivity index (χ3v) is 2.10. The zero-order valence-corrected chi connectivity index (χ0v) is 7.41. The molecule has 1 unspecified atom stereocenters. The van der Waals surface area contributed by atoms with Crippen LogP contribution in [0.25, 0.3) is 0 Å². The molecular weight excluding hydrogens is 169 g/mol. The van der Waals surface area contributed by atoms with Crippen LogP contribution in [-0.2, 0) is 0 Å². The van der Waals surface area contributed by atoms with Gasteiger partial charge in [0.2, 0.25) is 0 Å². The molecule has 1 atom stereocenters. The fourth-order valence-electron chi connectivity index (χ4n) is 1.37. The molecule has 0 radical (unpaired) electrons. The summed E-state index contributed by atoms with van der Waals surface area (Å²) in [5, 5.41) is 8.40. The topological polar surface area (TPSA) is 30.3 Å². The van der Waals surface area contributed by atoms with Crippen LogP contribution in [0.3, 0.4) is 0 Å². The van der Waals surface area contributed by atoms with Crippen LogP contribution in [0, 0.1) is 23.7 Å². The highest BCUT2D eigenvalue weighted by molar-refractivity contribution is 4.91. The average Bonchev–Trinajstić information content (AvgIpc) is 2.10. The van der Waals surface area contributed by atoms with Gasteiger partial charge in [0.05, 0.1) is 19.2 Å². The average molecular weight is 181 g/mol. The summed E-state index contributed by atoms with van der Waals surface area (Å²) in [5.74, 6) is 2.48. The van der Waals surface area contributed by atoms with E-state index < -0.39 is 6.30 Å². The Morgan fingerprint density at radius 2 is 2.23 bits per heavy atom. The van der Waals surface area contributed by atoms with Gasteiger partial charge in [-0.15, -0.1) is 6.42 Å². The third kappa shape index (κ3) is 2.69. The van der Waals surface area contributed by atoms with E-state index in [1.807, 2.05) is 11.0 Å². The van der Waals surface area contributed by atoms with E-state index in [0.29, 0.717) is 19.6 Å². The van der Waals surface area contributed by atoms with Crippen molar-refractivity contribution in [1.29, 1.82) is 5.26 Å². The van der Waals surface area contributed by atoms with Crippen LogP contribution in [0.5, 0.6) is 0 Å². The summed E-state index contributed by atoms with van der Waals surface area (Å²) in [6.07, 6.45) is 4.06. The molecule has 0 N–H and O–H groups in total. The van der Waals surface area contributed by atoms with Gasteiger partial charge in [-0.2, -0.15) is 5.26 Å². The number of nitriles is 1.